The number of nitrogens with zero attached hydrogens (tertiary/aromatic N) is 1. The first-order valence-electron chi connectivity index (χ1n) is 4.63. The van der Waals surface area contributed by atoms with Crippen LogP contribution in [0.25, 0.3) is 0 Å². The van der Waals surface area contributed by atoms with Gasteiger partial charge >= 0.3 is 0 Å². The quantitative estimate of drug-likeness (QED) is 0.484. The monoisotopic (exact) mass is 305 g/mol. The normalized spacial score (nSPS) is 12.0. The molecule has 0 atom stereocenters. The highest BCUT2D eigenvalue weighted by Gasteiger charge is 2.35. The summed E-state index contributed by atoms with van der Waals surface area (Å²) in [7, 11) is -2.83. The van der Waals surface area contributed by atoms with Gasteiger partial charge in [-0.25, -0.2) is 30.3 Å². The Labute approximate surface area is 105 Å². The molecule has 0 spiro atoms. The van der Waals surface area contributed by atoms with Crippen LogP contribution in [0.2, 0.25) is 0 Å². The second-order valence-corrected chi connectivity index (χ2v) is 5.54. The molecule has 4 nitrogen and oxygen atoms in total. The van der Waals surface area contributed by atoms with E-state index in [0.29, 0.717) is 4.31 Å². The first-order valence-corrected chi connectivity index (χ1v) is 6.07. The number of sulfonamides is 1. The van der Waals surface area contributed by atoms with Gasteiger partial charge in [-0.1, -0.05) is 0 Å². The molecule has 0 aliphatic rings. The van der Waals surface area contributed by atoms with Crippen LogP contribution in [0.1, 0.15) is 0 Å². The minimum Gasteiger partial charge on any atom is -0.458 e. The molecule has 0 saturated carbocycles. The van der Waals surface area contributed by atoms with Crippen LogP contribution in [0.3, 0.4) is 0 Å². The summed E-state index contributed by atoms with van der Waals surface area (Å²) < 4.78 is 92.6. The maximum Gasteiger partial charge on any atom is 0.249 e. The molecule has 0 N–H and O–H groups in total. The second-order valence-electron chi connectivity index (χ2n) is 3.46. The molecule has 0 unspecified atom stereocenters. The molecule has 0 aromatic heterocycles. The number of rotatable bonds is 4. The van der Waals surface area contributed by atoms with Crippen LogP contribution in [0, 0.1) is 23.3 Å². The lowest BCUT2D eigenvalue weighted by atomic mass is 10.3. The average molecular weight is 305 g/mol. The van der Waals surface area contributed by atoms with Gasteiger partial charge in [0.15, 0.2) is 22.3 Å². The number of halogens is 5. The smallest absolute Gasteiger partial charge is 0.249 e. The second kappa shape index (κ2) is 5.29. The summed E-state index contributed by atoms with van der Waals surface area (Å²) in [4.78, 5) is -1.61. The molecule has 0 amide bonds. The number of ether oxygens (including phenoxy) is 1. The summed E-state index contributed by atoms with van der Waals surface area (Å²) in [5.41, 5.74) is 0. The molecule has 0 aliphatic heterocycles. The van der Waals surface area contributed by atoms with Gasteiger partial charge in [-0.15, -0.1) is 0 Å². The zero-order valence-corrected chi connectivity index (χ0v) is 10.5. The van der Waals surface area contributed by atoms with Crippen molar-refractivity contribution in [3.63, 3.8) is 0 Å². The van der Waals surface area contributed by atoms with Gasteiger partial charge in [-0.3, -0.25) is 0 Å². The minimum absolute atomic E-state index is 0.410. The largest absolute Gasteiger partial charge is 0.458 e. The van der Waals surface area contributed by atoms with E-state index in [-0.39, 0.29) is 0 Å². The van der Waals surface area contributed by atoms with Crippen molar-refractivity contribution in [1.29, 1.82) is 0 Å². The van der Waals surface area contributed by atoms with Crippen LogP contribution >= 0.6 is 0 Å². The summed E-state index contributed by atoms with van der Waals surface area (Å²) >= 11 is 0. The molecular formula is C9H8F5NO3S. The van der Waals surface area contributed by atoms with Crippen molar-refractivity contribution in [1.82, 2.24) is 4.31 Å². The first-order chi connectivity index (χ1) is 8.66. The number of benzene rings is 1. The zero-order chi connectivity index (χ0) is 15.0. The van der Waals surface area contributed by atoms with Gasteiger partial charge in [0.05, 0.1) is 0 Å². The fourth-order valence-electron chi connectivity index (χ4n) is 1.19. The molecule has 1 aromatic rings. The molecule has 0 radical (unpaired) electrons. The van der Waals surface area contributed by atoms with E-state index >= 15 is 0 Å². The fourth-order valence-corrected chi connectivity index (χ4v) is 2.25. The third-order valence-corrected chi connectivity index (χ3v) is 3.96. The molecule has 1 aromatic carbocycles. The highest BCUT2D eigenvalue weighted by Crippen LogP contribution is 2.35. The van der Waals surface area contributed by atoms with Gasteiger partial charge in [0, 0.05) is 14.1 Å². The van der Waals surface area contributed by atoms with Crippen molar-refractivity contribution in [2.45, 2.75) is 4.90 Å². The summed E-state index contributed by atoms with van der Waals surface area (Å²) in [5.74, 6) is -10.5. The van der Waals surface area contributed by atoms with E-state index in [0.717, 1.165) is 14.1 Å². The number of alkyl halides is 1. The van der Waals surface area contributed by atoms with Crippen LogP contribution in [0.4, 0.5) is 22.0 Å². The minimum atomic E-state index is -4.70. The number of hydrogen-bond donors (Lipinski definition) is 0. The SMILES string of the molecule is CN(C)S(=O)(=O)c1c(F)c(F)c(F)c(F)c1OCF. The molecule has 10 heteroatoms. The van der Waals surface area contributed by atoms with Crippen LogP contribution in [-0.4, -0.2) is 33.7 Å². The van der Waals surface area contributed by atoms with Crippen molar-refractivity contribution in [3.8, 4) is 5.75 Å². The molecule has 19 heavy (non-hydrogen) atoms. The fraction of sp³-hybridized carbons (Fsp3) is 0.333. The van der Waals surface area contributed by atoms with Crippen molar-refractivity contribution in [2.75, 3.05) is 21.0 Å². The Morgan fingerprint density at radius 1 is 1.00 bits per heavy atom. The average Bonchev–Trinajstić information content (AvgIpc) is 2.33. The standard InChI is InChI=1S/C9H8F5NO3S/c1-15(2)19(16,17)9-7(14)5(12)4(11)6(13)8(9)18-3-10/h3H2,1-2H3. The summed E-state index contributed by atoms with van der Waals surface area (Å²) in [6.07, 6.45) is 0. The van der Waals surface area contributed by atoms with Crippen molar-refractivity contribution in [2.24, 2.45) is 0 Å². The Kier molecular flexibility index (Phi) is 4.35. The predicted octanol–water partition coefficient (Wildman–Crippen LogP) is 1.80. The van der Waals surface area contributed by atoms with Crippen LogP contribution in [-0.2, 0) is 10.0 Å². The molecule has 108 valence electrons. The van der Waals surface area contributed by atoms with Crippen molar-refractivity contribution < 1.29 is 35.1 Å². The van der Waals surface area contributed by atoms with Crippen LogP contribution in [0.15, 0.2) is 4.90 Å². The van der Waals surface area contributed by atoms with Gasteiger partial charge in [0.2, 0.25) is 28.5 Å². The summed E-state index contributed by atoms with van der Waals surface area (Å²) in [6, 6.07) is 0. The van der Waals surface area contributed by atoms with Crippen molar-refractivity contribution >= 4 is 10.0 Å². The van der Waals surface area contributed by atoms with Crippen LogP contribution in [0.5, 0.6) is 5.75 Å². The van der Waals surface area contributed by atoms with Gasteiger partial charge < -0.3 is 4.74 Å². The first kappa shape index (κ1) is 15.6. The highest BCUT2D eigenvalue weighted by atomic mass is 32.2. The maximum absolute atomic E-state index is 13.5. The third kappa shape index (κ3) is 2.50. The molecule has 0 heterocycles. The van der Waals surface area contributed by atoms with E-state index in [9.17, 15) is 30.4 Å². The van der Waals surface area contributed by atoms with Gasteiger partial charge in [0.1, 0.15) is 0 Å². The molecular weight excluding hydrogens is 297 g/mol. The van der Waals surface area contributed by atoms with E-state index in [4.69, 9.17) is 0 Å². The molecule has 0 bridgehead atoms. The lowest BCUT2D eigenvalue weighted by Crippen LogP contribution is -2.25. The van der Waals surface area contributed by atoms with E-state index in [1.807, 2.05) is 0 Å². The molecule has 0 saturated heterocycles. The molecule has 0 aliphatic carbocycles. The summed E-state index contributed by atoms with van der Waals surface area (Å²) in [5, 5.41) is 0. The number of hydrogen-bond acceptors (Lipinski definition) is 3. The Balaban J connectivity index is 3.81. The van der Waals surface area contributed by atoms with E-state index in [1.54, 1.807) is 0 Å². The van der Waals surface area contributed by atoms with Gasteiger partial charge in [-0.05, 0) is 0 Å². The Morgan fingerprint density at radius 2 is 1.47 bits per heavy atom. The van der Waals surface area contributed by atoms with E-state index in [2.05, 4.69) is 4.74 Å². The zero-order valence-electron chi connectivity index (χ0n) is 9.68. The van der Waals surface area contributed by atoms with Gasteiger partial charge in [-0.2, -0.15) is 4.39 Å². The molecule has 0 fully saturated rings. The van der Waals surface area contributed by atoms with E-state index < -0.39 is 50.8 Å². The predicted molar refractivity (Wildman–Crippen MR) is 53.7 cm³/mol. The topological polar surface area (TPSA) is 46.6 Å². The Morgan fingerprint density at radius 3 is 1.89 bits per heavy atom. The summed E-state index contributed by atoms with van der Waals surface area (Å²) in [6.45, 7) is -1.75. The highest BCUT2D eigenvalue weighted by molar-refractivity contribution is 7.89. The van der Waals surface area contributed by atoms with Crippen molar-refractivity contribution in [3.05, 3.63) is 23.3 Å². The molecule has 1 rings (SSSR count). The Hall–Kier alpha value is -1.42. The lowest BCUT2D eigenvalue weighted by molar-refractivity contribution is 0.173. The third-order valence-electron chi connectivity index (χ3n) is 2.12. The Bertz CT molecular complexity index is 603. The maximum atomic E-state index is 13.5. The van der Waals surface area contributed by atoms with Gasteiger partial charge in [0.25, 0.3) is 0 Å². The lowest BCUT2D eigenvalue weighted by Gasteiger charge is -2.16. The van der Waals surface area contributed by atoms with E-state index in [1.165, 1.54) is 0 Å². The van der Waals surface area contributed by atoms with Crippen LogP contribution < -0.4 is 4.74 Å².